The number of rotatable bonds is 7. The molecule has 1 N–H and O–H groups in total. The maximum Gasteiger partial charge on any atom is 0.241 e. The lowest BCUT2D eigenvalue weighted by atomic mass is 10.1. The van der Waals surface area contributed by atoms with Gasteiger partial charge in [0.05, 0.1) is 13.1 Å². The van der Waals surface area contributed by atoms with Crippen LogP contribution in [0.5, 0.6) is 0 Å². The van der Waals surface area contributed by atoms with Gasteiger partial charge in [0.2, 0.25) is 17.6 Å². The Morgan fingerprint density at radius 3 is 2.61 bits per heavy atom. The molecule has 1 aromatic heterocycles. The Hall–Kier alpha value is -2.99. The van der Waals surface area contributed by atoms with E-state index in [0.717, 1.165) is 28.8 Å². The van der Waals surface area contributed by atoms with E-state index in [9.17, 15) is 4.79 Å². The number of likely N-dealkylation sites (N-methyl/N-ethyl adjacent to an activating group) is 1. The van der Waals surface area contributed by atoms with Crippen LogP contribution < -0.4 is 5.32 Å². The first-order valence-electron chi connectivity index (χ1n) is 9.42. The van der Waals surface area contributed by atoms with Gasteiger partial charge >= 0.3 is 0 Å². The van der Waals surface area contributed by atoms with E-state index in [2.05, 4.69) is 34.5 Å². The maximum absolute atomic E-state index is 12.3. The first-order chi connectivity index (χ1) is 13.5. The molecular weight excluding hydrogens is 352 g/mol. The number of amides is 1. The highest BCUT2D eigenvalue weighted by Crippen LogP contribution is 2.19. The summed E-state index contributed by atoms with van der Waals surface area (Å²) in [6.45, 7) is 6.78. The van der Waals surface area contributed by atoms with Crippen LogP contribution in [0.2, 0.25) is 0 Å². The fourth-order valence-electron chi connectivity index (χ4n) is 2.93. The fourth-order valence-corrected chi connectivity index (χ4v) is 2.93. The average Bonchev–Trinajstić information content (AvgIpc) is 3.13. The third-order valence-corrected chi connectivity index (χ3v) is 4.79. The van der Waals surface area contributed by atoms with Gasteiger partial charge < -0.3 is 9.84 Å². The van der Waals surface area contributed by atoms with E-state index in [1.807, 2.05) is 56.1 Å². The first-order valence-corrected chi connectivity index (χ1v) is 9.42. The fraction of sp³-hybridized carbons (Fsp3) is 0.318. The van der Waals surface area contributed by atoms with Gasteiger partial charge in [-0.15, -0.1) is 0 Å². The molecular formula is C22H26N4O2. The molecule has 28 heavy (non-hydrogen) atoms. The predicted molar refractivity (Wildman–Crippen MR) is 110 cm³/mol. The number of hydrogen-bond acceptors (Lipinski definition) is 5. The van der Waals surface area contributed by atoms with Crippen molar-refractivity contribution in [3.63, 3.8) is 0 Å². The minimum absolute atomic E-state index is 0.0777. The lowest BCUT2D eigenvalue weighted by molar-refractivity contribution is -0.117. The molecule has 6 nitrogen and oxygen atoms in total. The van der Waals surface area contributed by atoms with Crippen LogP contribution in [0.15, 0.2) is 47.0 Å². The van der Waals surface area contributed by atoms with Crippen molar-refractivity contribution in [3.05, 3.63) is 65.0 Å². The molecule has 3 rings (SSSR count). The molecule has 6 heteroatoms. The largest absolute Gasteiger partial charge is 0.338 e. The molecule has 0 fully saturated rings. The van der Waals surface area contributed by atoms with Gasteiger partial charge in [-0.05, 0) is 50.1 Å². The second kappa shape index (κ2) is 8.80. The van der Waals surface area contributed by atoms with E-state index < -0.39 is 0 Å². The van der Waals surface area contributed by atoms with Gasteiger partial charge in [-0.25, -0.2) is 0 Å². The summed E-state index contributed by atoms with van der Waals surface area (Å²) in [6, 6.07) is 14.0. The number of nitrogens with one attached hydrogen (secondary N) is 1. The van der Waals surface area contributed by atoms with Crippen molar-refractivity contribution in [1.29, 1.82) is 0 Å². The smallest absolute Gasteiger partial charge is 0.241 e. The average molecular weight is 378 g/mol. The van der Waals surface area contributed by atoms with Crippen LogP contribution in [0.3, 0.4) is 0 Å². The summed E-state index contributed by atoms with van der Waals surface area (Å²) < 4.78 is 5.35. The van der Waals surface area contributed by atoms with Crippen molar-refractivity contribution in [2.45, 2.75) is 33.7 Å². The highest BCUT2D eigenvalue weighted by molar-refractivity contribution is 5.93. The molecule has 0 saturated carbocycles. The Morgan fingerprint density at radius 2 is 1.89 bits per heavy atom. The topological polar surface area (TPSA) is 71.3 Å². The number of nitrogens with zero attached hydrogens (tertiary/aromatic N) is 3. The highest BCUT2D eigenvalue weighted by Gasteiger charge is 2.14. The second-order valence-corrected chi connectivity index (χ2v) is 7.03. The van der Waals surface area contributed by atoms with E-state index in [4.69, 9.17) is 4.52 Å². The zero-order valence-corrected chi connectivity index (χ0v) is 16.8. The van der Waals surface area contributed by atoms with Gasteiger partial charge in [0.1, 0.15) is 0 Å². The molecule has 2 aromatic carbocycles. The van der Waals surface area contributed by atoms with Gasteiger partial charge in [0, 0.05) is 11.3 Å². The van der Waals surface area contributed by atoms with Gasteiger partial charge in [-0.2, -0.15) is 4.98 Å². The third-order valence-electron chi connectivity index (χ3n) is 4.79. The molecule has 1 amide bonds. The summed E-state index contributed by atoms with van der Waals surface area (Å²) in [5.74, 6) is 0.966. The third kappa shape index (κ3) is 4.84. The molecule has 0 aliphatic carbocycles. The molecule has 0 spiro atoms. The van der Waals surface area contributed by atoms with Crippen molar-refractivity contribution >= 4 is 11.6 Å². The number of aryl methyl sites for hydroxylation is 2. The molecule has 0 radical (unpaired) electrons. The van der Waals surface area contributed by atoms with Crippen molar-refractivity contribution in [2.24, 2.45) is 0 Å². The van der Waals surface area contributed by atoms with Gasteiger partial charge in [-0.3, -0.25) is 9.69 Å². The van der Waals surface area contributed by atoms with Crippen LogP contribution >= 0.6 is 0 Å². The van der Waals surface area contributed by atoms with Gasteiger partial charge in [0.15, 0.2) is 0 Å². The monoisotopic (exact) mass is 378 g/mol. The molecule has 0 atom stereocenters. The Kier molecular flexibility index (Phi) is 6.21. The lowest BCUT2D eigenvalue weighted by Gasteiger charge is -2.15. The van der Waals surface area contributed by atoms with Crippen LogP contribution in [-0.2, 0) is 17.8 Å². The quantitative estimate of drug-likeness (QED) is 0.673. The number of benzene rings is 2. The van der Waals surface area contributed by atoms with Gasteiger partial charge in [0.25, 0.3) is 0 Å². The summed E-state index contributed by atoms with van der Waals surface area (Å²) in [5, 5.41) is 7.01. The molecule has 0 bridgehead atoms. The van der Waals surface area contributed by atoms with E-state index in [0.29, 0.717) is 18.3 Å². The lowest BCUT2D eigenvalue weighted by Crippen LogP contribution is -2.30. The molecule has 3 aromatic rings. The highest BCUT2D eigenvalue weighted by atomic mass is 16.5. The van der Waals surface area contributed by atoms with E-state index in [-0.39, 0.29) is 12.5 Å². The number of carbonyl (C=O) groups excluding carboxylic acids is 1. The number of anilines is 1. The Labute approximate surface area is 165 Å². The van der Waals surface area contributed by atoms with E-state index in [1.165, 1.54) is 5.56 Å². The molecule has 0 aliphatic rings. The maximum atomic E-state index is 12.3. The van der Waals surface area contributed by atoms with E-state index in [1.54, 1.807) is 0 Å². The molecule has 0 saturated heterocycles. The van der Waals surface area contributed by atoms with Crippen molar-refractivity contribution in [2.75, 3.05) is 18.9 Å². The van der Waals surface area contributed by atoms with Crippen LogP contribution in [-0.4, -0.2) is 34.5 Å². The number of hydrogen-bond donors (Lipinski definition) is 1. The van der Waals surface area contributed by atoms with Crippen LogP contribution in [0.4, 0.5) is 5.69 Å². The second-order valence-electron chi connectivity index (χ2n) is 7.03. The van der Waals surface area contributed by atoms with Crippen LogP contribution in [0.25, 0.3) is 11.4 Å². The Bertz CT molecular complexity index is 947. The minimum atomic E-state index is -0.0777. The molecule has 0 unspecified atom stereocenters. The first kappa shape index (κ1) is 19.8. The zero-order chi connectivity index (χ0) is 20.1. The number of aromatic nitrogens is 2. The van der Waals surface area contributed by atoms with E-state index >= 15 is 0 Å². The Morgan fingerprint density at radius 1 is 1.14 bits per heavy atom. The number of carbonyl (C=O) groups is 1. The van der Waals surface area contributed by atoms with Crippen LogP contribution in [0.1, 0.15) is 29.5 Å². The van der Waals surface area contributed by atoms with Crippen molar-refractivity contribution < 1.29 is 9.32 Å². The summed E-state index contributed by atoms with van der Waals surface area (Å²) in [6.07, 6.45) is 0.993. The zero-order valence-electron chi connectivity index (χ0n) is 16.8. The predicted octanol–water partition coefficient (Wildman–Crippen LogP) is 3.99. The summed E-state index contributed by atoms with van der Waals surface area (Å²) in [4.78, 5) is 18.6. The standard InChI is InChI=1S/C22H26N4O2/c1-5-17-9-11-18(12-10-17)22-24-21(28-25-22)14-26(4)13-20(27)23-19-8-6-7-15(2)16(19)3/h6-12H,5,13-14H2,1-4H3,(H,23,27). The summed E-state index contributed by atoms with van der Waals surface area (Å²) in [7, 11) is 1.85. The SMILES string of the molecule is CCc1ccc(-c2noc(CN(C)CC(=O)Nc3cccc(C)c3C)n2)cc1. The normalized spacial score (nSPS) is 11.0. The van der Waals surface area contributed by atoms with Crippen molar-refractivity contribution in [1.82, 2.24) is 15.0 Å². The molecule has 1 heterocycles. The van der Waals surface area contributed by atoms with Crippen LogP contribution in [0, 0.1) is 13.8 Å². The van der Waals surface area contributed by atoms with Gasteiger partial charge in [-0.1, -0.05) is 48.5 Å². The Balaban J connectivity index is 1.57. The molecule has 146 valence electrons. The minimum Gasteiger partial charge on any atom is -0.338 e. The molecule has 0 aliphatic heterocycles. The summed E-state index contributed by atoms with van der Waals surface area (Å²) in [5.41, 5.74) is 5.25. The van der Waals surface area contributed by atoms with Crippen molar-refractivity contribution in [3.8, 4) is 11.4 Å². The summed E-state index contributed by atoms with van der Waals surface area (Å²) >= 11 is 0.